The summed E-state index contributed by atoms with van der Waals surface area (Å²) in [6, 6.07) is 10.5. The van der Waals surface area contributed by atoms with Crippen molar-refractivity contribution in [2.75, 3.05) is 13.2 Å². The highest BCUT2D eigenvalue weighted by atomic mass is 79.9. The summed E-state index contributed by atoms with van der Waals surface area (Å²) in [5, 5.41) is 0. The highest BCUT2D eigenvalue weighted by Gasteiger charge is 2.24. The van der Waals surface area contributed by atoms with E-state index in [1.807, 2.05) is 6.07 Å². The Bertz CT molecular complexity index is 361. The zero-order valence-corrected chi connectivity index (χ0v) is 11.4. The van der Waals surface area contributed by atoms with Gasteiger partial charge in [0.15, 0.2) is 0 Å². The number of hydrogen-bond acceptors (Lipinski definition) is 2. The number of rotatable bonds is 4. The van der Waals surface area contributed by atoms with Crippen LogP contribution in [0.2, 0.25) is 0 Å². The molecule has 1 aliphatic rings. The standard InChI is InChI=1S/C13H16BBrO2/c15-13(14-16-10-5-11-17-14)9-4-8-12-6-2-1-3-7-12/h1-3,6-7,9H,4-5,8,10-11H2. The van der Waals surface area contributed by atoms with Crippen molar-refractivity contribution >= 4 is 23.0 Å². The summed E-state index contributed by atoms with van der Waals surface area (Å²) in [6.07, 6.45) is 5.17. The SMILES string of the molecule is BrC(=CCCc1ccccc1)B1OCCCO1. The van der Waals surface area contributed by atoms with Gasteiger partial charge in [0.1, 0.15) is 0 Å². The van der Waals surface area contributed by atoms with Crippen molar-refractivity contribution in [1.82, 2.24) is 0 Å². The third kappa shape index (κ3) is 4.30. The molecule has 1 aromatic rings. The number of halogens is 1. The number of benzene rings is 1. The summed E-state index contributed by atoms with van der Waals surface area (Å²) in [5.41, 5.74) is 1.36. The van der Waals surface area contributed by atoms with Crippen molar-refractivity contribution in [3.8, 4) is 0 Å². The molecule has 0 bridgehead atoms. The maximum Gasteiger partial charge on any atom is 0.500 e. The molecule has 90 valence electrons. The van der Waals surface area contributed by atoms with Crippen molar-refractivity contribution in [3.63, 3.8) is 0 Å². The van der Waals surface area contributed by atoms with Crippen LogP contribution in [0.1, 0.15) is 18.4 Å². The first-order valence-corrected chi connectivity index (χ1v) is 6.78. The maximum absolute atomic E-state index is 5.51. The van der Waals surface area contributed by atoms with Gasteiger partial charge < -0.3 is 9.31 Å². The molecular formula is C13H16BBrO2. The minimum absolute atomic E-state index is 0.195. The Morgan fingerprint density at radius 3 is 2.65 bits per heavy atom. The van der Waals surface area contributed by atoms with Crippen molar-refractivity contribution in [1.29, 1.82) is 0 Å². The second-order valence-electron chi connectivity index (χ2n) is 4.04. The van der Waals surface area contributed by atoms with Gasteiger partial charge in [0.2, 0.25) is 0 Å². The molecule has 4 heteroatoms. The smallest absolute Gasteiger partial charge is 0.407 e. The number of hydrogen-bond donors (Lipinski definition) is 0. The lowest BCUT2D eigenvalue weighted by Crippen LogP contribution is -2.30. The van der Waals surface area contributed by atoms with Gasteiger partial charge in [-0.3, -0.25) is 0 Å². The third-order valence-electron chi connectivity index (χ3n) is 2.67. The van der Waals surface area contributed by atoms with Gasteiger partial charge in [-0.1, -0.05) is 52.3 Å². The van der Waals surface area contributed by atoms with Gasteiger partial charge in [-0.05, 0) is 24.8 Å². The molecule has 0 saturated carbocycles. The van der Waals surface area contributed by atoms with Crippen molar-refractivity contribution < 1.29 is 9.31 Å². The minimum Gasteiger partial charge on any atom is -0.407 e. The molecule has 1 fully saturated rings. The van der Waals surface area contributed by atoms with E-state index in [0.717, 1.165) is 36.9 Å². The van der Waals surface area contributed by atoms with E-state index >= 15 is 0 Å². The van der Waals surface area contributed by atoms with Crippen molar-refractivity contribution in [3.05, 3.63) is 46.4 Å². The lowest BCUT2D eigenvalue weighted by atomic mass is 9.87. The number of aryl methyl sites for hydroxylation is 1. The molecule has 1 aromatic carbocycles. The van der Waals surface area contributed by atoms with Gasteiger partial charge in [0.25, 0.3) is 0 Å². The lowest BCUT2D eigenvalue weighted by molar-refractivity contribution is 0.142. The Morgan fingerprint density at radius 1 is 1.24 bits per heavy atom. The van der Waals surface area contributed by atoms with Gasteiger partial charge in [-0.2, -0.15) is 0 Å². The summed E-state index contributed by atoms with van der Waals surface area (Å²) in [4.78, 5) is 0. The first kappa shape index (κ1) is 12.9. The average molecular weight is 295 g/mol. The molecule has 1 aliphatic heterocycles. The van der Waals surface area contributed by atoms with E-state index in [0.29, 0.717) is 0 Å². The summed E-state index contributed by atoms with van der Waals surface area (Å²) >= 11 is 3.52. The molecule has 1 saturated heterocycles. The highest BCUT2D eigenvalue weighted by Crippen LogP contribution is 2.17. The van der Waals surface area contributed by atoms with E-state index in [-0.39, 0.29) is 7.12 Å². The number of allylic oxidation sites excluding steroid dienone is 1. The molecule has 0 atom stereocenters. The lowest BCUT2D eigenvalue weighted by Gasteiger charge is -2.19. The van der Waals surface area contributed by atoms with Crippen LogP contribution >= 0.6 is 15.9 Å². The van der Waals surface area contributed by atoms with Crippen LogP contribution in [0.4, 0.5) is 0 Å². The van der Waals surface area contributed by atoms with Crippen molar-refractivity contribution in [2.45, 2.75) is 19.3 Å². The normalized spacial score (nSPS) is 17.2. The fourth-order valence-electron chi connectivity index (χ4n) is 1.76. The molecular weight excluding hydrogens is 279 g/mol. The molecule has 0 spiro atoms. The molecule has 0 N–H and O–H groups in total. The van der Waals surface area contributed by atoms with E-state index in [1.165, 1.54) is 5.56 Å². The van der Waals surface area contributed by atoms with Gasteiger partial charge in [-0.25, -0.2) is 0 Å². The molecule has 0 radical (unpaired) electrons. The summed E-state index contributed by atoms with van der Waals surface area (Å²) in [7, 11) is -0.195. The Hall–Kier alpha value is -0.575. The van der Waals surface area contributed by atoms with E-state index in [2.05, 4.69) is 46.3 Å². The quantitative estimate of drug-likeness (QED) is 0.793. The topological polar surface area (TPSA) is 18.5 Å². The molecule has 17 heavy (non-hydrogen) atoms. The Labute approximate surface area is 111 Å². The first-order valence-electron chi connectivity index (χ1n) is 5.99. The van der Waals surface area contributed by atoms with Crippen LogP contribution in [0.25, 0.3) is 0 Å². The zero-order valence-electron chi connectivity index (χ0n) is 9.77. The van der Waals surface area contributed by atoms with Crippen LogP contribution in [0, 0.1) is 0 Å². The Kier molecular flexibility index (Phi) is 5.29. The third-order valence-corrected chi connectivity index (χ3v) is 3.37. The van der Waals surface area contributed by atoms with Crippen LogP contribution in [0.5, 0.6) is 0 Å². The zero-order chi connectivity index (χ0) is 11.9. The second-order valence-corrected chi connectivity index (χ2v) is 4.96. The van der Waals surface area contributed by atoms with E-state index in [4.69, 9.17) is 9.31 Å². The predicted molar refractivity (Wildman–Crippen MR) is 74.0 cm³/mol. The Morgan fingerprint density at radius 2 is 1.94 bits per heavy atom. The summed E-state index contributed by atoms with van der Waals surface area (Å²) in [5.74, 6) is 0. The highest BCUT2D eigenvalue weighted by molar-refractivity contribution is 9.12. The largest absolute Gasteiger partial charge is 0.500 e. The van der Waals surface area contributed by atoms with Crippen LogP contribution in [0.15, 0.2) is 40.8 Å². The fraction of sp³-hybridized carbons (Fsp3) is 0.385. The molecule has 2 rings (SSSR count). The van der Waals surface area contributed by atoms with Crippen LogP contribution in [0.3, 0.4) is 0 Å². The van der Waals surface area contributed by atoms with E-state index in [1.54, 1.807) is 0 Å². The second kappa shape index (κ2) is 6.99. The monoisotopic (exact) mass is 294 g/mol. The average Bonchev–Trinajstić information content (AvgIpc) is 2.41. The van der Waals surface area contributed by atoms with Gasteiger partial charge >= 0.3 is 7.12 Å². The fourth-order valence-corrected chi connectivity index (χ4v) is 2.26. The summed E-state index contributed by atoms with van der Waals surface area (Å²) < 4.78 is 12.0. The molecule has 0 unspecified atom stereocenters. The predicted octanol–water partition coefficient (Wildman–Crippen LogP) is 3.36. The van der Waals surface area contributed by atoms with Gasteiger partial charge in [-0.15, -0.1) is 0 Å². The molecule has 1 heterocycles. The van der Waals surface area contributed by atoms with Gasteiger partial charge in [0.05, 0.1) is 0 Å². The van der Waals surface area contributed by atoms with E-state index < -0.39 is 0 Å². The summed E-state index contributed by atoms with van der Waals surface area (Å²) in [6.45, 7) is 1.57. The van der Waals surface area contributed by atoms with E-state index in [9.17, 15) is 0 Å². The van der Waals surface area contributed by atoms with Gasteiger partial charge in [0, 0.05) is 17.6 Å². The molecule has 2 nitrogen and oxygen atoms in total. The molecule has 0 aromatic heterocycles. The van der Waals surface area contributed by atoms with Crippen molar-refractivity contribution in [2.24, 2.45) is 0 Å². The van der Waals surface area contributed by atoms with Crippen LogP contribution in [-0.2, 0) is 15.7 Å². The van der Waals surface area contributed by atoms with Crippen LogP contribution < -0.4 is 0 Å². The first-order chi connectivity index (χ1) is 8.36. The minimum atomic E-state index is -0.195. The maximum atomic E-state index is 5.51. The molecule has 0 amide bonds. The Balaban J connectivity index is 1.79. The van der Waals surface area contributed by atoms with Crippen LogP contribution in [-0.4, -0.2) is 20.3 Å². The molecule has 0 aliphatic carbocycles.